The van der Waals surface area contributed by atoms with Gasteiger partial charge in [0.15, 0.2) is 0 Å². The molecule has 0 unspecified atom stereocenters. The summed E-state index contributed by atoms with van der Waals surface area (Å²) in [5.41, 5.74) is 2.07. The minimum absolute atomic E-state index is 0.276. The molecule has 0 aliphatic carbocycles. The van der Waals surface area contributed by atoms with Gasteiger partial charge in [-0.2, -0.15) is 0 Å². The topological polar surface area (TPSA) is 67.2 Å². The zero-order chi connectivity index (χ0) is 20.8. The molecule has 0 bridgehead atoms. The van der Waals surface area contributed by atoms with E-state index in [1.165, 1.54) is 10.9 Å². The molecule has 150 valence electrons. The van der Waals surface area contributed by atoms with Crippen LogP contribution in [0.15, 0.2) is 110 Å². The molecule has 3 aromatic carbocycles. The number of hydrogen-bond donors (Lipinski definition) is 2. The summed E-state index contributed by atoms with van der Waals surface area (Å²) >= 11 is 0. The van der Waals surface area contributed by atoms with Crippen LogP contribution in [0, 0.1) is 0 Å². The van der Waals surface area contributed by atoms with Gasteiger partial charge in [-0.15, -0.1) is 0 Å². The van der Waals surface area contributed by atoms with Crippen molar-refractivity contribution in [3.8, 4) is 0 Å². The first-order chi connectivity index (χ1) is 14.8. The lowest BCUT2D eigenvalue weighted by molar-refractivity contribution is 0.0792. The molecule has 1 aromatic heterocycles. The van der Waals surface area contributed by atoms with Gasteiger partial charge in [0, 0.05) is 12.4 Å². The molecule has 4 rings (SSSR count). The number of nitrogens with one attached hydrogen (secondary N) is 1. The smallest absolute Gasteiger partial charge is 0.251 e. The molecule has 0 saturated carbocycles. The summed E-state index contributed by atoms with van der Waals surface area (Å²) < 4.78 is 1.39. The Bertz CT molecular complexity index is 969. The van der Waals surface area contributed by atoms with Gasteiger partial charge in [-0.25, -0.2) is 4.98 Å². The predicted octanol–water partition coefficient (Wildman–Crippen LogP) is 3.47. The Morgan fingerprint density at radius 2 is 1.33 bits per heavy atom. The maximum absolute atomic E-state index is 13.1. The second kappa shape index (κ2) is 8.86. The number of aliphatic hydroxyl groups is 1. The fourth-order valence-electron chi connectivity index (χ4n) is 3.83. The third-order valence-electron chi connectivity index (χ3n) is 5.25. The van der Waals surface area contributed by atoms with E-state index >= 15 is 0 Å². The zero-order valence-corrected chi connectivity index (χ0v) is 16.4. The molecule has 1 heterocycles. The number of hydrogen-bond acceptors (Lipinski definition) is 4. The Morgan fingerprint density at radius 3 is 1.70 bits per heavy atom. The Balaban J connectivity index is 1.91. The standard InChI is InChI=1S/C25H23N3O2/c29-18-23(24(30)28-17-16-26-19-28)27-25(20-10-4-1-5-11-20,21-12-6-2-7-13-21)22-14-8-3-9-15-22/h1-17,19,23,27,29H,18H2/t23-/m0/s1. The van der Waals surface area contributed by atoms with E-state index in [9.17, 15) is 9.90 Å². The van der Waals surface area contributed by atoms with Crippen molar-refractivity contribution >= 4 is 5.91 Å². The highest BCUT2D eigenvalue weighted by atomic mass is 16.3. The Labute approximate surface area is 175 Å². The fraction of sp³-hybridized carbons (Fsp3) is 0.120. The largest absolute Gasteiger partial charge is 0.394 e. The number of aliphatic hydroxyl groups excluding tert-OH is 1. The Hall–Kier alpha value is -3.54. The van der Waals surface area contributed by atoms with Gasteiger partial charge >= 0.3 is 0 Å². The SMILES string of the molecule is O=C([C@H](CO)NC(c1ccccc1)(c1ccccc1)c1ccccc1)n1ccnc1. The van der Waals surface area contributed by atoms with Crippen LogP contribution in [-0.4, -0.2) is 33.2 Å². The Morgan fingerprint density at radius 1 is 0.867 bits per heavy atom. The van der Waals surface area contributed by atoms with E-state index in [4.69, 9.17) is 0 Å². The lowest BCUT2D eigenvalue weighted by Gasteiger charge is -2.39. The molecule has 4 aromatic rings. The molecule has 30 heavy (non-hydrogen) atoms. The number of carbonyl (C=O) groups excluding carboxylic acids is 1. The van der Waals surface area contributed by atoms with Crippen molar-refractivity contribution in [2.75, 3.05) is 6.61 Å². The fourth-order valence-corrected chi connectivity index (χ4v) is 3.83. The summed E-state index contributed by atoms with van der Waals surface area (Å²) in [5, 5.41) is 13.7. The van der Waals surface area contributed by atoms with Gasteiger partial charge in [-0.05, 0) is 16.7 Å². The summed E-state index contributed by atoms with van der Waals surface area (Å²) in [6.45, 7) is -0.356. The molecule has 0 spiro atoms. The first-order valence-corrected chi connectivity index (χ1v) is 9.83. The van der Waals surface area contributed by atoms with Crippen LogP contribution in [0.1, 0.15) is 21.5 Å². The molecule has 1 atom stereocenters. The second-order valence-electron chi connectivity index (χ2n) is 7.04. The van der Waals surface area contributed by atoms with Gasteiger partial charge < -0.3 is 5.11 Å². The van der Waals surface area contributed by atoms with Crippen molar-refractivity contribution in [1.29, 1.82) is 0 Å². The maximum Gasteiger partial charge on any atom is 0.251 e. The van der Waals surface area contributed by atoms with Crippen molar-refractivity contribution < 1.29 is 9.90 Å². The van der Waals surface area contributed by atoms with Crippen molar-refractivity contribution in [2.24, 2.45) is 0 Å². The Kier molecular flexibility index (Phi) is 5.84. The van der Waals surface area contributed by atoms with Gasteiger partial charge in [0.1, 0.15) is 12.4 Å². The number of imidazole rings is 1. The van der Waals surface area contributed by atoms with Gasteiger partial charge in [0.05, 0.1) is 12.1 Å². The number of benzene rings is 3. The first-order valence-electron chi connectivity index (χ1n) is 9.83. The van der Waals surface area contributed by atoms with Crippen molar-refractivity contribution in [1.82, 2.24) is 14.9 Å². The van der Waals surface area contributed by atoms with E-state index in [1.807, 2.05) is 91.0 Å². The third-order valence-corrected chi connectivity index (χ3v) is 5.25. The van der Waals surface area contributed by atoms with Crippen LogP contribution in [0.4, 0.5) is 0 Å². The van der Waals surface area contributed by atoms with Gasteiger partial charge in [-0.3, -0.25) is 14.7 Å². The normalized spacial score (nSPS) is 12.4. The molecular weight excluding hydrogens is 374 g/mol. The molecule has 0 saturated heterocycles. The number of nitrogens with zero attached hydrogens (tertiary/aromatic N) is 2. The molecule has 0 aliphatic heterocycles. The summed E-state index contributed by atoms with van der Waals surface area (Å²) in [5.74, 6) is -0.276. The zero-order valence-electron chi connectivity index (χ0n) is 16.4. The minimum Gasteiger partial charge on any atom is -0.394 e. The average molecular weight is 397 g/mol. The number of aromatic nitrogens is 2. The quantitative estimate of drug-likeness (QED) is 0.469. The van der Waals surface area contributed by atoms with Crippen LogP contribution in [-0.2, 0) is 5.54 Å². The van der Waals surface area contributed by atoms with Crippen LogP contribution in [0.25, 0.3) is 0 Å². The van der Waals surface area contributed by atoms with E-state index < -0.39 is 11.6 Å². The van der Waals surface area contributed by atoms with Crippen LogP contribution < -0.4 is 5.32 Å². The molecule has 2 N–H and O–H groups in total. The third kappa shape index (κ3) is 3.68. The van der Waals surface area contributed by atoms with Crippen molar-refractivity contribution in [3.05, 3.63) is 126 Å². The summed E-state index contributed by atoms with van der Waals surface area (Å²) in [7, 11) is 0. The maximum atomic E-state index is 13.1. The molecular formula is C25H23N3O2. The van der Waals surface area contributed by atoms with Crippen molar-refractivity contribution in [3.63, 3.8) is 0 Å². The summed E-state index contributed by atoms with van der Waals surface area (Å²) in [6, 6.07) is 29.1. The van der Waals surface area contributed by atoms with E-state index in [0.717, 1.165) is 16.7 Å². The van der Waals surface area contributed by atoms with Crippen LogP contribution in [0.3, 0.4) is 0 Å². The molecule has 0 fully saturated rings. The molecule has 0 aliphatic rings. The first kappa shape index (κ1) is 19.8. The monoisotopic (exact) mass is 397 g/mol. The highest BCUT2D eigenvalue weighted by Crippen LogP contribution is 2.37. The molecule has 0 amide bonds. The average Bonchev–Trinajstić information content (AvgIpc) is 3.37. The predicted molar refractivity (Wildman–Crippen MR) is 116 cm³/mol. The number of carbonyl (C=O) groups is 1. The van der Waals surface area contributed by atoms with Gasteiger partial charge in [-0.1, -0.05) is 91.0 Å². The molecule has 5 heteroatoms. The van der Waals surface area contributed by atoms with Gasteiger partial charge in [0.25, 0.3) is 5.91 Å². The van der Waals surface area contributed by atoms with Crippen LogP contribution >= 0.6 is 0 Å². The van der Waals surface area contributed by atoms with Crippen molar-refractivity contribution in [2.45, 2.75) is 11.6 Å². The van der Waals surface area contributed by atoms with E-state index in [0.29, 0.717) is 0 Å². The lowest BCUT2D eigenvalue weighted by Crippen LogP contribution is -2.55. The highest BCUT2D eigenvalue weighted by molar-refractivity contribution is 5.84. The van der Waals surface area contributed by atoms with Crippen LogP contribution in [0.5, 0.6) is 0 Å². The second-order valence-corrected chi connectivity index (χ2v) is 7.04. The summed E-state index contributed by atoms with van der Waals surface area (Å²) in [6.07, 6.45) is 4.58. The molecule has 5 nitrogen and oxygen atoms in total. The minimum atomic E-state index is -0.847. The lowest BCUT2D eigenvalue weighted by atomic mass is 9.76. The van der Waals surface area contributed by atoms with Gasteiger partial charge in [0.2, 0.25) is 0 Å². The van der Waals surface area contributed by atoms with E-state index in [2.05, 4.69) is 10.3 Å². The summed E-state index contributed by atoms with van der Waals surface area (Å²) in [4.78, 5) is 17.1. The van der Waals surface area contributed by atoms with E-state index in [-0.39, 0.29) is 12.5 Å². The van der Waals surface area contributed by atoms with Crippen LogP contribution in [0.2, 0.25) is 0 Å². The number of rotatable bonds is 7. The van der Waals surface area contributed by atoms with E-state index in [1.54, 1.807) is 12.4 Å². The highest BCUT2D eigenvalue weighted by Gasteiger charge is 2.39. The molecule has 0 radical (unpaired) electrons.